The third-order valence-corrected chi connectivity index (χ3v) is 6.63. The van der Waals surface area contributed by atoms with Crippen molar-refractivity contribution >= 4 is 15.9 Å². The van der Waals surface area contributed by atoms with Crippen molar-refractivity contribution in [1.82, 2.24) is 14.9 Å². The van der Waals surface area contributed by atoms with E-state index in [2.05, 4.69) is 34.0 Å². The summed E-state index contributed by atoms with van der Waals surface area (Å²) in [4.78, 5) is 15.1. The van der Waals surface area contributed by atoms with Crippen LogP contribution in [-0.4, -0.2) is 51.1 Å². The molecule has 2 aromatic carbocycles. The van der Waals surface area contributed by atoms with E-state index < -0.39 is 10.0 Å². The van der Waals surface area contributed by atoms with E-state index in [4.69, 9.17) is 4.74 Å². The van der Waals surface area contributed by atoms with Crippen molar-refractivity contribution in [2.45, 2.75) is 50.9 Å². The highest BCUT2D eigenvalue weighted by Crippen LogP contribution is 2.14. The average Bonchev–Trinajstić information content (AvgIpc) is 2.71. The number of nitrogens with zero attached hydrogens (tertiary/aromatic N) is 1. The van der Waals surface area contributed by atoms with Gasteiger partial charge in [0.05, 0.1) is 17.6 Å². The summed E-state index contributed by atoms with van der Waals surface area (Å²) in [5.74, 6) is -0.311. The molecule has 1 aliphatic heterocycles. The molecule has 1 atom stereocenters. The lowest BCUT2D eigenvalue weighted by atomic mass is 10.1. The number of nitrogens with one attached hydrogen (secondary N) is 2. The lowest BCUT2D eigenvalue weighted by Crippen LogP contribution is -2.40. The molecule has 0 aliphatic carbocycles. The van der Waals surface area contributed by atoms with E-state index in [1.165, 1.54) is 17.7 Å². The van der Waals surface area contributed by atoms with Crippen LogP contribution in [0.25, 0.3) is 0 Å². The minimum Gasteiger partial charge on any atom is -0.376 e. The summed E-state index contributed by atoms with van der Waals surface area (Å²) < 4.78 is 32.9. The van der Waals surface area contributed by atoms with Gasteiger partial charge in [-0.25, -0.2) is 13.1 Å². The monoisotopic (exact) mass is 445 g/mol. The first-order valence-corrected chi connectivity index (χ1v) is 12.0. The molecule has 2 aromatic rings. The molecule has 1 unspecified atom stereocenters. The Kier molecular flexibility index (Phi) is 7.83. The highest BCUT2D eigenvalue weighted by Gasteiger charge is 2.18. The Morgan fingerprint density at radius 3 is 2.65 bits per heavy atom. The number of rotatable bonds is 8. The second kappa shape index (κ2) is 10.4. The van der Waals surface area contributed by atoms with Gasteiger partial charge in [0.1, 0.15) is 0 Å². The molecule has 8 heteroatoms. The molecule has 7 nitrogen and oxygen atoms in total. The normalized spacial score (nSPS) is 17.6. The van der Waals surface area contributed by atoms with Gasteiger partial charge >= 0.3 is 0 Å². The van der Waals surface area contributed by atoms with Gasteiger partial charge in [-0.15, -0.1) is 0 Å². The van der Waals surface area contributed by atoms with E-state index in [0.717, 1.165) is 31.8 Å². The molecule has 0 radical (unpaired) electrons. The lowest BCUT2D eigenvalue weighted by molar-refractivity contribution is -0.0212. The molecule has 0 bridgehead atoms. The molecule has 2 N–H and O–H groups in total. The molecule has 168 valence electrons. The maximum absolute atomic E-state index is 12.6. The third kappa shape index (κ3) is 6.87. The second-order valence-corrected chi connectivity index (χ2v) is 9.94. The SMILES string of the molecule is CC(C)NS(=O)(=O)c1cccc(C(=O)NCc2cccc(CN3CCOC(C)C3)c2)c1. The van der Waals surface area contributed by atoms with Gasteiger partial charge in [-0.3, -0.25) is 9.69 Å². The molecule has 0 saturated carbocycles. The van der Waals surface area contributed by atoms with E-state index in [1.54, 1.807) is 26.0 Å². The number of carbonyl (C=O) groups is 1. The van der Waals surface area contributed by atoms with Crippen LogP contribution in [0.15, 0.2) is 53.4 Å². The largest absolute Gasteiger partial charge is 0.376 e. The molecule has 3 rings (SSSR count). The quantitative estimate of drug-likeness (QED) is 0.652. The summed E-state index contributed by atoms with van der Waals surface area (Å²) in [5, 5.41) is 2.88. The van der Waals surface area contributed by atoms with Crippen LogP contribution in [0.1, 0.15) is 42.3 Å². The number of sulfonamides is 1. The molecule has 1 aliphatic rings. The first kappa shape index (κ1) is 23.4. The highest BCUT2D eigenvalue weighted by molar-refractivity contribution is 7.89. The van der Waals surface area contributed by atoms with Gasteiger partial charge in [-0.05, 0) is 50.1 Å². The van der Waals surface area contributed by atoms with Crippen molar-refractivity contribution < 1.29 is 17.9 Å². The summed E-state index contributed by atoms with van der Waals surface area (Å²) in [6, 6.07) is 14.0. The predicted octanol–water partition coefficient (Wildman–Crippen LogP) is 2.52. The maximum Gasteiger partial charge on any atom is 0.251 e. The topological polar surface area (TPSA) is 87.7 Å². The number of carbonyl (C=O) groups excluding carboxylic acids is 1. The Balaban J connectivity index is 1.61. The first-order chi connectivity index (χ1) is 14.7. The van der Waals surface area contributed by atoms with Crippen LogP contribution in [-0.2, 0) is 27.8 Å². The van der Waals surface area contributed by atoms with Crippen molar-refractivity contribution in [1.29, 1.82) is 0 Å². The van der Waals surface area contributed by atoms with Gasteiger partial charge in [-0.2, -0.15) is 0 Å². The average molecular weight is 446 g/mol. The van der Waals surface area contributed by atoms with Crippen molar-refractivity contribution in [3.8, 4) is 0 Å². The van der Waals surface area contributed by atoms with Gasteiger partial charge in [0.15, 0.2) is 0 Å². The fourth-order valence-corrected chi connectivity index (χ4v) is 4.89. The standard InChI is InChI=1S/C23H31N3O4S/c1-17(2)25-31(28,29)22-9-5-8-21(13-22)23(27)24-14-19-6-4-7-20(12-19)16-26-10-11-30-18(3)15-26/h4-9,12-13,17-18,25H,10-11,14-16H2,1-3H3,(H,24,27). The molecule has 0 spiro atoms. The van der Waals surface area contributed by atoms with E-state index >= 15 is 0 Å². The predicted molar refractivity (Wildman–Crippen MR) is 120 cm³/mol. The van der Waals surface area contributed by atoms with Crippen LogP contribution in [0.2, 0.25) is 0 Å². The Labute approximate surface area is 184 Å². The molecule has 1 fully saturated rings. The van der Waals surface area contributed by atoms with E-state index in [0.29, 0.717) is 12.1 Å². The van der Waals surface area contributed by atoms with E-state index in [-0.39, 0.29) is 22.9 Å². The first-order valence-electron chi connectivity index (χ1n) is 10.6. The minimum absolute atomic E-state index is 0.0792. The van der Waals surface area contributed by atoms with Gasteiger partial charge in [0.25, 0.3) is 5.91 Å². The molecule has 31 heavy (non-hydrogen) atoms. The Morgan fingerprint density at radius 1 is 1.16 bits per heavy atom. The van der Waals surface area contributed by atoms with E-state index in [1.807, 2.05) is 12.1 Å². The molecule has 1 saturated heterocycles. The zero-order chi connectivity index (χ0) is 22.4. The highest BCUT2D eigenvalue weighted by atomic mass is 32.2. The van der Waals surface area contributed by atoms with Crippen molar-refractivity contribution in [2.75, 3.05) is 19.7 Å². The van der Waals surface area contributed by atoms with Gasteiger partial charge < -0.3 is 10.1 Å². The Hall–Kier alpha value is -2.26. The zero-order valence-corrected chi connectivity index (χ0v) is 19.1. The smallest absolute Gasteiger partial charge is 0.251 e. The number of hydrogen-bond acceptors (Lipinski definition) is 5. The number of amides is 1. The van der Waals surface area contributed by atoms with Crippen LogP contribution < -0.4 is 10.0 Å². The summed E-state index contributed by atoms with van der Waals surface area (Å²) in [7, 11) is -3.65. The minimum atomic E-state index is -3.65. The van der Waals surface area contributed by atoms with Crippen LogP contribution >= 0.6 is 0 Å². The zero-order valence-electron chi connectivity index (χ0n) is 18.3. The van der Waals surface area contributed by atoms with Gasteiger partial charge in [0.2, 0.25) is 10.0 Å². The Morgan fingerprint density at radius 2 is 1.90 bits per heavy atom. The number of hydrogen-bond donors (Lipinski definition) is 2. The summed E-state index contributed by atoms with van der Waals surface area (Å²) >= 11 is 0. The van der Waals surface area contributed by atoms with E-state index in [9.17, 15) is 13.2 Å². The van der Waals surface area contributed by atoms with Crippen LogP contribution in [0.5, 0.6) is 0 Å². The summed E-state index contributed by atoms with van der Waals surface area (Å²) in [6.07, 6.45) is 0.242. The number of benzene rings is 2. The lowest BCUT2D eigenvalue weighted by Gasteiger charge is -2.31. The number of ether oxygens (including phenoxy) is 1. The van der Waals surface area contributed by atoms with Crippen LogP contribution in [0, 0.1) is 0 Å². The molecule has 0 aromatic heterocycles. The fraction of sp³-hybridized carbons (Fsp3) is 0.435. The van der Waals surface area contributed by atoms with Gasteiger partial charge in [-0.1, -0.05) is 30.3 Å². The van der Waals surface area contributed by atoms with Crippen molar-refractivity contribution in [2.24, 2.45) is 0 Å². The summed E-state index contributed by atoms with van der Waals surface area (Å²) in [6.45, 7) is 9.37. The van der Waals surface area contributed by atoms with Crippen LogP contribution in [0.3, 0.4) is 0 Å². The molecule has 1 heterocycles. The number of morpholine rings is 1. The summed E-state index contributed by atoms with van der Waals surface area (Å²) in [5.41, 5.74) is 2.50. The molecular weight excluding hydrogens is 414 g/mol. The van der Waals surface area contributed by atoms with Crippen LogP contribution in [0.4, 0.5) is 0 Å². The second-order valence-electron chi connectivity index (χ2n) is 8.22. The fourth-order valence-electron chi connectivity index (χ4n) is 3.60. The maximum atomic E-state index is 12.6. The third-order valence-electron chi connectivity index (χ3n) is 4.97. The van der Waals surface area contributed by atoms with Gasteiger partial charge in [0, 0.05) is 37.8 Å². The Bertz CT molecular complexity index is 1010. The molecule has 1 amide bonds. The van der Waals surface area contributed by atoms with Crippen molar-refractivity contribution in [3.63, 3.8) is 0 Å². The molecular formula is C23H31N3O4S. The van der Waals surface area contributed by atoms with Crippen molar-refractivity contribution in [3.05, 3.63) is 65.2 Å².